The van der Waals surface area contributed by atoms with Crippen LogP contribution in [0, 0.1) is 10.1 Å². The molecule has 1 unspecified atom stereocenters. The number of aromatic nitrogens is 5. The molecule has 4 bridgehead atoms. The number of rotatable bonds is 5. The molecule has 2 aliphatic heterocycles. The molecule has 1 saturated heterocycles. The fraction of sp³-hybridized carbons (Fsp3) is 0.357. The SMILES string of the molecule is O=[N+]([O-])c1cc(-c2cn[nH]c2)c2nc1-c1nnc(o1)C(OCc1ccccc1)(C(F)(F)F)CCC=CC[C@@H]1CCCN21. The molecule has 3 aromatic heterocycles. The van der Waals surface area contributed by atoms with Crippen LogP contribution < -0.4 is 4.90 Å². The molecule has 4 aromatic rings. The molecule has 5 heterocycles. The zero-order chi connectivity index (χ0) is 29.3. The first kappa shape index (κ1) is 27.6. The number of pyridine rings is 1. The Bertz CT molecular complexity index is 1590. The number of aromatic amines is 1. The van der Waals surface area contributed by atoms with Crippen molar-refractivity contribution in [1.82, 2.24) is 25.4 Å². The van der Waals surface area contributed by atoms with Crippen molar-refractivity contribution >= 4 is 11.5 Å². The van der Waals surface area contributed by atoms with Crippen molar-refractivity contribution < 1.29 is 27.2 Å². The molecule has 6 rings (SSSR count). The van der Waals surface area contributed by atoms with Gasteiger partial charge in [-0.05, 0) is 37.7 Å². The van der Waals surface area contributed by atoms with Crippen LogP contribution in [0.5, 0.6) is 0 Å². The predicted octanol–water partition coefficient (Wildman–Crippen LogP) is 6.11. The quantitative estimate of drug-likeness (QED) is 0.168. The highest BCUT2D eigenvalue weighted by molar-refractivity contribution is 5.82. The highest BCUT2D eigenvalue weighted by Gasteiger charge is 2.61. The van der Waals surface area contributed by atoms with Crippen molar-refractivity contribution in [2.45, 2.75) is 56.5 Å². The number of nitrogens with one attached hydrogen (secondary N) is 1. The van der Waals surface area contributed by atoms with Gasteiger partial charge in [-0.1, -0.05) is 42.5 Å². The standard InChI is InChI=1S/C28H26F3N7O4/c29-28(30,31)27(41-17-18-8-3-1-4-9-18)12-6-2-5-10-20-11-7-13-37(20)24-21(19-15-32-33-16-19)14-22(38(39)40)23(34-24)25-35-36-26(27)42-25/h1-5,8-9,14-16,20H,6-7,10-13,17H2,(H,32,33)/t20-,27?/m1/s1. The number of ether oxygens (including phenoxy) is 1. The average Bonchev–Trinajstić information content (AvgIpc) is 3.76. The minimum Gasteiger partial charge on any atom is -0.415 e. The lowest BCUT2D eigenvalue weighted by Crippen LogP contribution is -2.45. The van der Waals surface area contributed by atoms with Crippen LogP contribution in [-0.4, -0.2) is 49.1 Å². The Morgan fingerprint density at radius 1 is 1.21 bits per heavy atom. The van der Waals surface area contributed by atoms with Crippen LogP contribution in [0.15, 0.2) is 65.4 Å². The lowest BCUT2D eigenvalue weighted by atomic mass is 9.95. The third-order valence-corrected chi connectivity index (χ3v) is 7.63. The number of allylic oxidation sites excluding steroid dienone is 1. The Labute approximate surface area is 237 Å². The zero-order valence-corrected chi connectivity index (χ0v) is 22.3. The number of benzene rings is 1. The highest BCUT2D eigenvalue weighted by atomic mass is 19.4. The van der Waals surface area contributed by atoms with E-state index in [4.69, 9.17) is 9.15 Å². The normalized spacial score (nSPS) is 20.7. The molecule has 218 valence electrons. The molecule has 1 aromatic carbocycles. The second-order valence-electron chi connectivity index (χ2n) is 10.2. The van der Waals surface area contributed by atoms with Gasteiger partial charge in [-0.15, -0.1) is 10.2 Å². The lowest BCUT2D eigenvalue weighted by Gasteiger charge is -2.32. The summed E-state index contributed by atoms with van der Waals surface area (Å²) in [6, 6.07) is 9.75. The molecule has 2 aliphatic rings. The molecule has 0 spiro atoms. The first-order valence-electron chi connectivity index (χ1n) is 13.5. The molecule has 2 atom stereocenters. The molecule has 0 radical (unpaired) electrons. The van der Waals surface area contributed by atoms with Crippen molar-refractivity contribution in [3.8, 4) is 22.7 Å². The Hall–Kier alpha value is -4.59. The number of anilines is 1. The van der Waals surface area contributed by atoms with E-state index in [0.717, 1.165) is 12.8 Å². The predicted molar refractivity (Wildman–Crippen MR) is 144 cm³/mol. The van der Waals surface area contributed by atoms with Crippen LogP contribution in [0.4, 0.5) is 24.7 Å². The van der Waals surface area contributed by atoms with Gasteiger partial charge in [-0.25, -0.2) is 4.98 Å². The molecule has 0 aliphatic carbocycles. The maximum Gasteiger partial charge on any atom is 0.426 e. The topological polar surface area (TPSA) is 136 Å². The number of hydrogen-bond donors (Lipinski definition) is 1. The molecule has 14 heteroatoms. The van der Waals surface area contributed by atoms with E-state index in [2.05, 4.69) is 30.3 Å². The van der Waals surface area contributed by atoms with E-state index in [1.165, 1.54) is 12.3 Å². The molecule has 1 fully saturated rings. The number of H-pyrrole nitrogens is 1. The van der Waals surface area contributed by atoms with Gasteiger partial charge in [0.05, 0.1) is 17.7 Å². The molecular formula is C28H26F3N7O4. The summed E-state index contributed by atoms with van der Waals surface area (Å²) in [5.41, 5.74) is -2.22. The van der Waals surface area contributed by atoms with E-state index >= 15 is 0 Å². The molecule has 0 amide bonds. The first-order chi connectivity index (χ1) is 20.3. The van der Waals surface area contributed by atoms with Gasteiger partial charge in [0, 0.05) is 36.0 Å². The van der Waals surface area contributed by atoms with E-state index in [1.807, 2.05) is 6.08 Å². The van der Waals surface area contributed by atoms with Crippen LogP contribution in [0.1, 0.15) is 43.6 Å². The van der Waals surface area contributed by atoms with Crippen LogP contribution in [0.3, 0.4) is 0 Å². The van der Waals surface area contributed by atoms with Crippen molar-refractivity contribution in [3.05, 3.63) is 82.5 Å². The number of nitro groups is 1. The van der Waals surface area contributed by atoms with Crippen molar-refractivity contribution in [2.24, 2.45) is 0 Å². The molecule has 1 N–H and O–H groups in total. The van der Waals surface area contributed by atoms with Crippen LogP contribution in [0.2, 0.25) is 0 Å². The van der Waals surface area contributed by atoms with E-state index in [1.54, 1.807) is 42.6 Å². The molecular weight excluding hydrogens is 555 g/mol. The lowest BCUT2D eigenvalue weighted by molar-refractivity contribution is -0.384. The largest absolute Gasteiger partial charge is 0.426 e. The summed E-state index contributed by atoms with van der Waals surface area (Å²) >= 11 is 0. The van der Waals surface area contributed by atoms with E-state index in [0.29, 0.717) is 35.5 Å². The van der Waals surface area contributed by atoms with Gasteiger partial charge >= 0.3 is 11.9 Å². The molecule has 42 heavy (non-hydrogen) atoms. The monoisotopic (exact) mass is 581 g/mol. The zero-order valence-electron chi connectivity index (χ0n) is 22.3. The van der Waals surface area contributed by atoms with Crippen molar-refractivity contribution in [3.63, 3.8) is 0 Å². The van der Waals surface area contributed by atoms with Crippen LogP contribution in [0.25, 0.3) is 22.7 Å². The fourth-order valence-electron chi connectivity index (χ4n) is 5.49. The van der Waals surface area contributed by atoms with Gasteiger partial charge in [-0.2, -0.15) is 18.3 Å². The smallest absolute Gasteiger partial charge is 0.415 e. The third kappa shape index (κ3) is 5.02. The summed E-state index contributed by atoms with van der Waals surface area (Å²) in [6.45, 7) is 0.272. The van der Waals surface area contributed by atoms with Gasteiger partial charge in [0.25, 0.3) is 11.8 Å². The van der Waals surface area contributed by atoms with Crippen molar-refractivity contribution in [2.75, 3.05) is 11.4 Å². The Kier molecular flexibility index (Phi) is 7.22. The summed E-state index contributed by atoms with van der Waals surface area (Å²) in [5, 5.41) is 26.5. The number of hydrogen-bond acceptors (Lipinski definition) is 9. The number of fused-ring (bicyclic) bond motifs is 7. The second-order valence-corrected chi connectivity index (χ2v) is 10.2. The minimum atomic E-state index is -4.95. The van der Waals surface area contributed by atoms with Gasteiger partial charge in [0.15, 0.2) is 0 Å². The number of alkyl halides is 3. The second kappa shape index (κ2) is 11.0. The number of halogens is 3. The van der Waals surface area contributed by atoms with Gasteiger partial charge in [0.2, 0.25) is 11.3 Å². The minimum absolute atomic E-state index is 0.0166. The first-order valence-corrected chi connectivity index (χ1v) is 13.5. The summed E-state index contributed by atoms with van der Waals surface area (Å²) in [4.78, 5) is 18.2. The van der Waals surface area contributed by atoms with Gasteiger partial charge in [-0.3, -0.25) is 15.2 Å². The van der Waals surface area contributed by atoms with Crippen LogP contribution >= 0.6 is 0 Å². The van der Waals surface area contributed by atoms with Gasteiger partial charge < -0.3 is 14.1 Å². The summed E-state index contributed by atoms with van der Waals surface area (Å²) in [6.07, 6.45) is 3.45. The maximum absolute atomic E-state index is 14.9. The molecule has 0 saturated carbocycles. The summed E-state index contributed by atoms with van der Waals surface area (Å²) < 4.78 is 56.1. The highest BCUT2D eigenvalue weighted by Crippen LogP contribution is 2.47. The summed E-state index contributed by atoms with van der Waals surface area (Å²) in [7, 11) is 0. The van der Waals surface area contributed by atoms with Gasteiger partial charge in [0.1, 0.15) is 5.82 Å². The summed E-state index contributed by atoms with van der Waals surface area (Å²) in [5.74, 6) is -0.925. The Balaban J connectivity index is 1.53. The average molecular weight is 582 g/mol. The fourth-order valence-corrected chi connectivity index (χ4v) is 5.49. The third-order valence-electron chi connectivity index (χ3n) is 7.63. The van der Waals surface area contributed by atoms with E-state index < -0.39 is 40.6 Å². The molecule has 11 nitrogen and oxygen atoms in total. The van der Waals surface area contributed by atoms with Crippen LogP contribution in [-0.2, 0) is 16.9 Å². The Morgan fingerprint density at radius 2 is 2.05 bits per heavy atom. The van der Waals surface area contributed by atoms with E-state index in [-0.39, 0.29) is 24.8 Å². The number of nitrogens with zero attached hydrogens (tertiary/aromatic N) is 6. The van der Waals surface area contributed by atoms with Crippen molar-refractivity contribution in [1.29, 1.82) is 0 Å². The van der Waals surface area contributed by atoms with E-state index in [9.17, 15) is 23.3 Å². The Morgan fingerprint density at radius 3 is 2.79 bits per heavy atom. The maximum atomic E-state index is 14.9.